The van der Waals surface area contributed by atoms with Crippen LogP contribution in [0.2, 0.25) is 0 Å². The summed E-state index contributed by atoms with van der Waals surface area (Å²) in [5.74, 6) is 0.848. The van der Waals surface area contributed by atoms with E-state index in [2.05, 4.69) is 169 Å². The Kier molecular flexibility index (Phi) is 6.17. The molecule has 0 spiro atoms. The zero-order valence-corrected chi connectivity index (χ0v) is 25.1. The molecule has 2 heteroatoms. The lowest BCUT2D eigenvalue weighted by Gasteiger charge is -2.28. The molecule has 0 atom stereocenters. The Morgan fingerprint density at radius 2 is 1.00 bits per heavy atom. The average Bonchev–Trinajstić information content (AvgIpc) is 3.56. The molecule has 1 heterocycles. The Bertz CT molecular complexity index is 2510. The fourth-order valence-electron chi connectivity index (χ4n) is 6.73. The number of hydrogen-bond acceptors (Lipinski definition) is 2. The van der Waals surface area contributed by atoms with Gasteiger partial charge in [-0.1, -0.05) is 121 Å². The summed E-state index contributed by atoms with van der Waals surface area (Å²) >= 11 is 0. The summed E-state index contributed by atoms with van der Waals surface area (Å²) in [5, 5.41) is 8.56. The molecule has 46 heavy (non-hydrogen) atoms. The number of para-hydroxylation sites is 2. The van der Waals surface area contributed by atoms with E-state index < -0.39 is 0 Å². The highest BCUT2D eigenvalue weighted by atomic mass is 16.3. The Labute approximate surface area is 267 Å². The van der Waals surface area contributed by atoms with E-state index in [0.717, 1.165) is 39.4 Å². The summed E-state index contributed by atoms with van der Waals surface area (Å²) in [6.07, 6.45) is 0. The van der Waals surface area contributed by atoms with Gasteiger partial charge in [0, 0.05) is 22.3 Å². The summed E-state index contributed by atoms with van der Waals surface area (Å²) in [5.41, 5.74) is 7.53. The summed E-state index contributed by atoms with van der Waals surface area (Å²) in [6.45, 7) is 0. The molecular formula is C44H29NO. The predicted molar refractivity (Wildman–Crippen MR) is 194 cm³/mol. The van der Waals surface area contributed by atoms with Crippen molar-refractivity contribution in [1.82, 2.24) is 0 Å². The fraction of sp³-hybridized carbons (Fsp3) is 0. The summed E-state index contributed by atoms with van der Waals surface area (Å²) in [4.78, 5) is 2.35. The minimum Gasteiger partial charge on any atom is -0.456 e. The molecule has 0 radical (unpaired) electrons. The summed E-state index contributed by atoms with van der Waals surface area (Å²) < 4.78 is 6.42. The molecule has 9 rings (SSSR count). The van der Waals surface area contributed by atoms with Crippen LogP contribution in [0.4, 0.5) is 17.1 Å². The minimum absolute atomic E-state index is 0.848. The molecule has 9 aromatic rings. The lowest BCUT2D eigenvalue weighted by atomic mass is 9.99. The normalized spacial score (nSPS) is 11.5. The molecule has 0 saturated heterocycles. The van der Waals surface area contributed by atoms with E-state index in [4.69, 9.17) is 4.42 Å². The van der Waals surface area contributed by atoms with Gasteiger partial charge >= 0.3 is 0 Å². The molecule has 2 nitrogen and oxygen atoms in total. The number of anilines is 3. The van der Waals surface area contributed by atoms with Gasteiger partial charge in [0.25, 0.3) is 0 Å². The maximum absolute atomic E-state index is 6.42. The number of furan rings is 1. The number of hydrogen-bond donors (Lipinski definition) is 0. The van der Waals surface area contributed by atoms with Gasteiger partial charge in [-0.05, 0) is 98.0 Å². The standard InChI is InChI=1S/C44H29NO/c1-2-11-33-27-34(19-17-30(33)9-1)31-21-23-37(24-22-31)45(38-25-26-40-35(28-38)20-18-32-10-3-5-13-39(32)40)42-15-7-6-14-41(42)44-29-36-12-4-8-16-43(36)46-44/h1-29H. The molecular weight excluding hydrogens is 558 g/mol. The Balaban J connectivity index is 1.21. The Hall–Kier alpha value is -6.12. The van der Waals surface area contributed by atoms with E-state index in [1.807, 2.05) is 12.1 Å². The van der Waals surface area contributed by atoms with Crippen molar-refractivity contribution in [2.45, 2.75) is 0 Å². The van der Waals surface area contributed by atoms with Crippen LogP contribution in [-0.4, -0.2) is 0 Å². The second-order valence-corrected chi connectivity index (χ2v) is 11.8. The zero-order valence-electron chi connectivity index (χ0n) is 25.1. The largest absolute Gasteiger partial charge is 0.456 e. The van der Waals surface area contributed by atoms with Crippen molar-refractivity contribution >= 4 is 60.3 Å². The van der Waals surface area contributed by atoms with Crippen LogP contribution in [-0.2, 0) is 0 Å². The third-order valence-corrected chi connectivity index (χ3v) is 9.03. The van der Waals surface area contributed by atoms with E-state index >= 15 is 0 Å². The van der Waals surface area contributed by atoms with Crippen LogP contribution in [0.5, 0.6) is 0 Å². The van der Waals surface area contributed by atoms with Gasteiger partial charge in [-0.25, -0.2) is 0 Å². The van der Waals surface area contributed by atoms with Crippen LogP contribution < -0.4 is 4.90 Å². The Morgan fingerprint density at radius 3 is 1.87 bits per heavy atom. The second-order valence-electron chi connectivity index (χ2n) is 11.8. The van der Waals surface area contributed by atoms with Crippen LogP contribution in [0.25, 0.3) is 65.7 Å². The average molecular weight is 588 g/mol. The van der Waals surface area contributed by atoms with Crippen LogP contribution in [0, 0.1) is 0 Å². The first-order chi connectivity index (χ1) is 22.8. The molecule has 216 valence electrons. The highest BCUT2D eigenvalue weighted by Crippen LogP contribution is 2.43. The van der Waals surface area contributed by atoms with Gasteiger partial charge in [-0.2, -0.15) is 0 Å². The third-order valence-electron chi connectivity index (χ3n) is 9.03. The van der Waals surface area contributed by atoms with Gasteiger partial charge in [-0.15, -0.1) is 0 Å². The smallest absolute Gasteiger partial charge is 0.137 e. The molecule has 0 aliphatic heterocycles. The Morgan fingerprint density at radius 1 is 0.370 bits per heavy atom. The van der Waals surface area contributed by atoms with E-state index in [9.17, 15) is 0 Å². The molecule has 0 aliphatic rings. The molecule has 0 saturated carbocycles. The zero-order chi connectivity index (χ0) is 30.5. The van der Waals surface area contributed by atoms with Crippen molar-refractivity contribution in [3.8, 4) is 22.5 Å². The van der Waals surface area contributed by atoms with Crippen molar-refractivity contribution in [2.24, 2.45) is 0 Å². The monoisotopic (exact) mass is 587 g/mol. The van der Waals surface area contributed by atoms with Crippen LogP contribution in [0.3, 0.4) is 0 Å². The SMILES string of the molecule is c1ccc(N(c2ccc(-c3ccc4ccccc4c3)cc2)c2ccc3c(ccc4ccccc43)c2)c(-c2cc3ccccc3o2)c1. The lowest BCUT2D eigenvalue weighted by molar-refractivity contribution is 0.631. The number of nitrogens with zero attached hydrogens (tertiary/aromatic N) is 1. The van der Waals surface area contributed by atoms with Crippen LogP contribution >= 0.6 is 0 Å². The van der Waals surface area contributed by atoms with Gasteiger partial charge in [0.1, 0.15) is 11.3 Å². The fourth-order valence-corrected chi connectivity index (χ4v) is 6.73. The number of fused-ring (bicyclic) bond motifs is 5. The first-order valence-corrected chi connectivity index (χ1v) is 15.7. The van der Waals surface area contributed by atoms with Crippen LogP contribution in [0.1, 0.15) is 0 Å². The van der Waals surface area contributed by atoms with E-state index in [1.54, 1.807) is 0 Å². The van der Waals surface area contributed by atoms with Gasteiger partial charge in [-0.3, -0.25) is 0 Å². The second kappa shape index (κ2) is 10.8. The van der Waals surface area contributed by atoms with Gasteiger partial charge in [0.2, 0.25) is 0 Å². The van der Waals surface area contributed by atoms with Crippen molar-refractivity contribution in [3.05, 3.63) is 176 Å². The molecule has 0 bridgehead atoms. The molecule has 1 aromatic heterocycles. The van der Waals surface area contributed by atoms with E-state index in [-0.39, 0.29) is 0 Å². The summed E-state index contributed by atoms with van der Waals surface area (Å²) in [7, 11) is 0. The highest BCUT2D eigenvalue weighted by Gasteiger charge is 2.20. The third kappa shape index (κ3) is 4.51. The van der Waals surface area contributed by atoms with Crippen molar-refractivity contribution in [2.75, 3.05) is 4.90 Å². The maximum atomic E-state index is 6.42. The molecule has 0 unspecified atom stereocenters. The first kappa shape index (κ1) is 26.3. The summed E-state index contributed by atoms with van der Waals surface area (Å²) in [6, 6.07) is 62.8. The molecule has 0 aliphatic carbocycles. The first-order valence-electron chi connectivity index (χ1n) is 15.7. The van der Waals surface area contributed by atoms with Gasteiger partial charge < -0.3 is 9.32 Å². The van der Waals surface area contributed by atoms with Crippen molar-refractivity contribution in [1.29, 1.82) is 0 Å². The van der Waals surface area contributed by atoms with Gasteiger partial charge in [0.05, 0.1) is 5.69 Å². The lowest BCUT2D eigenvalue weighted by Crippen LogP contribution is -2.11. The minimum atomic E-state index is 0.848. The van der Waals surface area contributed by atoms with Crippen LogP contribution in [0.15, 0.2) is 180 Å². The topological polar surface area (TPSA) is 16.4 Å². The molecule has 0 amide bonds. The number of benzene rings is 8. The van der Waals surface area contributed by atoms with E-state index in [1.165, 1.54) is 43.4 Å². The van der Waals surface area contributed by atoms with Crippen molar-refractivity contribution in [3.63, 3.8) is 0 Å². The molecule has 0 N–H and O–H groups in total. The number of rotatable bonds is 5. The maximum Gasteiger partial charge on any atom is 0.137 e. The van der Waals surface area contributed by atoms with Crippen molar-refractivity contribution < 1.29 is 4.42 Å². The quantitative estimate of drug-likeness (QED) is 0.186. The molecule has 8 aromatic carbocycles. The molecule has 0 fully saturated rings. The van der Waals surface area contributed by atoms with Gasteiger partial charge in [0.15, 0.2) is 0 Å². The highest BCUT2D eigenvalue weighted by molar-refractivity contribution is 6.08. The van der Waals surface area contributed by atoms with E-state index in [0.29, 0.717) is 0 Å². The predicted octanol–water partition coefficient (Wildman–Crippen LogP) is 12.7.